The predicted octanol–water partition coefficient (Wildman–Crippen LogP) is 4.73. The summed E-state index contributed by atoms with van der Waals surface area (Å²) >= 11 is 6.19. The van der Waals surface area contributed by atoms with Gasteiger partial charge in [0.2, 0.25) is 5.91 Å². The molecular formula is C27H31ClF3N3O3. The maximum atomic E-state index is 13.9. The molecule has 2 heterocycles. The molecule has 0 radical (unpaired) electrons. The fourth-order valence-corrected chi connectivity index (χ4v) is 5.76. The number of alkyl halides is 3. The van der Waals surface area contributed by atoms with Gasteiger partial charge in [0.05, 0.1) is 10.6 Å². The number of hydrogen-bond acceptors (Lipinski definition) is 4. The first-order valence-electron chi connectivity index (χ1n) is 12.5. The van der Waals surface area contributed by atoms with Gasteiger partial charge in [-0.15, -0.1) is 0 Å². The Balaban J connectivity index is 1.30. The van der Waals surface area contributed by atoms with Crippen molar-refractivity contribution in [3.63, 3.8) is 0 Å². The van der Waals surface area contributed by atoms with Gasteiger partial charge in [-0.05, 0) is 62.1 Å². The molecule has 2 aliphatic rings. The van der Waals surface area contributed by atoms with Crippen LogP contribution in [0.3, 0.4) is 0 Å². The zero-order valence-corrected chi connectivity index (χ0v) is 21.1. The van der Waals surface area contributed by atoms with E-state index in [1.54, 1.807) is 12.1 Å². The van der Waals surface area contributed by atoms with Gasteiger partial charge in [0, 0.05) is 37.4 Å². The number of aliphatic hydroxyl groups is 1. The second-order valence-corrected chi connectivity index (χ2v) is 10.4. The van der Waals surface area contributed by atoms with Crippen molar-refractivity contribution in [2.45, 2.75) is 43.9 Å². The predicted molar refractivity (Wildman–Crippen MR) is 135 cm³/mol. The summed E-state index contributed by atoms with van der Waals surface area (Å²) < 4.78 is 41.6. The lowest BCUT2D eigenvalue weighted by Gasteiger charge is -2.40. The number of hydrogen-bond donors (Lipinski definition) is 2. The Hall–Kier alpha value is -2.78. The van der Waals surface area contributed by atoms with Crippen molar-refractivity contribution in [3.8, 4) is 0 Å². The molecule has 0 bridgehead atoms. The molecule has 2 saturated heterocycles. The third kappa shape index (κ3) is 5.72. The number of piperidine rings is 2. The summed E-state index contributed by atoms with van der Waals surface area (Å²) in [6, 6.07) is 11.8. The summed E-state index contributed by atoms with van der Waals surface area (Å²) in [5, 5.41) is 10.9. The maximum Gasteiger partial charge on any atom is 0.430 e. The first kappa shape index (κ1) is 27.3. The molecule has 0 aromatic heterocycles. The number of rotatable bonds is 6. The van der Waals surface area contributed by atoms with Gasteiger partial charge in [0.1, 0.15) is 0 Å². The van der Waals surface area contributed by atoms with E-state index in [2.05, 4.69) is 4.90 Å². The zero-order valence-electron chi connectivity index (χ0n) is 20.4. The van der Waals surface area contributed by atoms with Gasteiger partial charge in [-0.2, -0.15) is 13.2 Å². The van der Waals surface area contributed by atoms with Crippen LogP contribution in [-0.4, -0.2) is 54.2 Å². The number of likely N-dealkylation sites (tertiary alicyclic amines) is 1. The third-order valence-corrected chi connectivity index (χ3v) is 7.99. The van der Waals surface area contributed by atoms with Crippen molar-refractivity contribution in [1.82, 2.24) is 4.90 Å². The van der Waals surface area contributed by atoms with Crippen LogP contribution in [0.1, 0.15) is 48.0 Å². The SMILES string of the molecule is NC(=O)c1ccc(N2CCC(CC3CCN(C(=O)[C@](O)(c4ccccc4)C(F)(F)F)CC3)CC2)cc1Cl. The molecule has 2 aromatic rings. The molecule has 6 nitrogen and oxygen atoms in total. The van der Waals surface area contributed by atoms with E-state index in [-0.39, 0.29) is 13.1 Å². The number of amides is 2. The Morgan fingerprint density at radius 1 is 0.946 bits per heavy atom. The first-order chi connectivity index (χ1) is 17.5. The van der Waals surface area contributed by atoms with Gasteiger partial charge < -0.3 is 20.6 Å². The molecule has 0 aliphatic carbocycles. The normalized spacial score (nSPS) is 19.5. The van der Waals surface area contributed by atoms with Crippen molar-refractivity contribution in [2.75, 3.05) is 31.1 Å². The second kappa shape index (κ2) is 10.9. The van der Waals surface area contributed by atoms with Crippen molar-refractivity contribution >= 4 is 29.1 Å². The second-order valence-electron chi connectivity index (χ2n) is 10.0. The van der Waals surface area contributed by atoms with Crippen LogP contribution in [0.15, 0.2) is 48.5 Å². The van der Waals surface area contributed by atoms with Crippen LogP contribution in [0.4, 0.5) is 18.9 Å². The van der Waals surface area contributed by atoms with Crippen LogP contribution in [0, 0.1) is 11.8 Å². The van der Waals surface area contributed by atoms with Crippen molar-refractivity contribution in [1.29, 1.82) is 0 Å². The molecule has 0 spiro atoms. The minimum Gasteiger partial charge on any atom is -0.371 e. The Morgan fingerprint density at radius 3 is 2.03 bits per heavy atom. The Morgan fingerprint density at radius 2 is 1.51 bits per heavy atom. The van der Waals surface area contributed by atoms with Crippen LogP contribution >= 0.6 is 11.6 Å². The van der Waals surface area contributed by atoms with Gasteiger partial charge in [-0.25, -0.2) is 0 Å². The third-order valence-electron chi connectivity index (χ3n) is 7.68. The van der Waals surface area contributed by atoms with Crippen molar-refractivity contribution in [3.05, 3.63) is 64.7 Å². The summed E-state index contributed by atoms with van der Waals surface area (Å²) in [5.74, 6) is -1.06. The van der Waals surface area contributed by atoms with E-state index >= 15 is 0 Å². The van der Waals surface area contributed by atoms with E-state index in [0.29, 0.717) is 35.3 Å². The lowest BCUT2D eigenvalue weighted by Crippen LogP contribution is -2.57. The van der Waals surface area contributed by atoms with Gasteiger partial charge in [0.15, 0.2) is 0 Å². The zero-order chi connectivity index (χ0) is 26.8. The van der Waals surface area contributed by atoms with Gasteiger partial charge in [-0.3, -0.25) is 9.59 Å². The van der Waals surface area contributed by atoms with Crippen molar-refractivity contribution in [2.24, 2.45) is 17.6 Å². The molecule has 3 N–H and O–H groups in total. The first-order valence-corrected chi connectivity index (χ1v) is 12.9. The number of halogens is 4. The van der Waals surface area contributed by atoms with Crippen LogP contribution in [0.25, 0.3) is 0 Å². The highest BCUT2D eigenvalue weighted by Gasteiger charge is 2.62. The van der Waals surface area contributed by atoms with Crippen LogP contribution < -0.4 is 10.6 Å². The molecule has 10 heteroatoms. The number of carbonyl (C=O) groups is 2. The average molecular weight is 538 g/mol. The van der Waals surface area contributed by atoms with E-state index < -0.39 is 29.2 Å². The summed E-state index contributed by atoms with van der Waals surface area (Å²) in [6.45, 7) is 2.06. The molecule has 1 atom stereocenters. The van der Waals surface area contributed by atoms with E-state index in [1.807, 2.05) is 6.07 Å². The standard InChI is InChI=1S/C27H31ClF3N3O3/c28-23-17-21(6-7-22(23)24(32)35)33-12-8-18(9-13-33)16-19-10-14-34(15-11-19)25(36)26(37,27(29,30)31)20-4-2-1-3-5-20/h1-7,17-19,37H,8-16H2,(H2,32,35)/t26-/m1/s1. The quantitative estimate of drug-likeness (QED) is 0.557. The molecule has 37 heavy (non-hydrogen) atoms. The minimum absolute atomic E-state index is 0.193. The fraction of sp³-hybridized carbons (Fsp3) is 0.481. The minimum atomic E-state index is -5.12. The number of primary amides is 1. The summed E-state index contributed by atoms with van der Waals surface area (Å²) in [4.78, 5) is 27.7. The molecule has 2 fully saturated rings. The molecule has 0 saturated carbocycles. The molecule has 2 amide bonds. The van der Waals surface area contributed by atoms with Crippen LogP contribution in [0.2, 0.25) is 5.02 Å². The van der Waals surface area contributed by atoms with Crippen LogP contribution in [-0.2, 0) is 10.4 Å². The molecule has 2 aliphatic heterocycles. The molecule has 2 aromatic carbocycles. The molecule has 200 valence electrons. The van der Waals surface area contributed by atoms with Gasteiger partial charge in [0.25, 0.3) is 11.5 Å². The lowest BCUT2D eigenvalue weighted by atomic mass is 9.82. The average Bonchev–Trinajstić information content (AvgIpc) is 2.88. The topological polar surface area (TPSA) is 86.9 Å². The highest BCUT2D eigenvalue weighted by molar-refractivity contribution is 6.34. The summed E-state index contributed by atoms with van der Waals surface area (Å²) in [6.07, 6.45) is -1.01. The Labute approximate surface area is 219 Å². The Bertz CT molecular complexity index is 1110. The van der Waals surface area contributed by atoms with Gasteiger partial charge >= 0.3 is 6.18 Å². The van der Waals surface area contributed by atoms with Crippen molar-refractivity contribution < 1.29 is 27.9 Å². The number of nitrogens with zero attached hydrogens (tertiary/aromatic N) is 2. The van der Waals surface area contributed by atoms with E-state index in [4.69, 9.17) is 17.3 Å². The van der Waals surface area contributed by atoms with E-state index in [9.17, 15) is 27.9 Å². The number of anilines is 1. The Kier molecular flexibility index (Phi) is 8.04. The smallest absolute Gasteiger partial charge is 0.371 e. The largest absolute Gasteiger partial charge is 0.430 e. The summed E-state index contributed by atoms with van der Waals surface area (Å²) in [5.41, 5.74) is 2.54. The monoisotopic (exact) mass is 537 g/mol. The number of nitrogens with two attached hydrogens (primary N) is 1. The van der Waals surface area contributed by atoms with E-state index in [1.165, 1.54) is 18.2 Å². The number of benzene rings is 2. The molecule has 0 unspecified atom stereocenters. The molecule has 4 rings (SSSR count). The fourth-order valence-electron chi connectivity index (χ4n) is 5.49. The number of carbonyl (C=O) groups excluding carboxylic acids is 2. The van der Waals surface area contributed by atoms with Crippen LogP contribution in [0.5, 0.6) is 0 Å². The van der Waals surface area contributed by atoms with E-state index in [0.717, 1.165) is 55.1 Å². The highest BCUT2D eigenvalue weighted by Crippen LogP contribution is 2.41. The lowest BCUT2D eigenvalue weighted by molar-refractivity contribution is -0.262. The molecular weight excluding hydrogens is 507 g/mol. The highest BCUT2D eigenvalue weighted by atomic mass is 35.5. The van der Waals surface area contributed by atoms with Gasteiger partial charge in [-0.1, -0.05) is 41.9 Å². The maximum absolute atomic E-state index is 13.9. The summed E-state index contributed by atoms with van der Waals surface area (Å²) in [7, 11) is 0.